The third kappa shape index (κ3) is 17.3. The lowest BCUT2D eigenvalue weighted by Crippen LogP contribution is -2.37. The maximum Gasteiger partial charge on any atom is 0.269 e. The van der Waals surface area contributed by atoms with E-state index in [-0.39, 0.29) is 26.2 Å². The van der Waals surface area contributed by atoms with Gasteiger partial charge in [0, 0.05) is 135 Å². The van der Waals surface area contributed by atoms with Crippen LogP contribution in [0, 0.1) is 20.2 Å². The minimum Gasteiger partial charge on any atom is -0.399 e. The molecule has 532 valence electrons. The van der Waals surface area contributed by atoms with Crippen molar-refractivity contribution in [1.29, 1.82) is 0 Å². The molecule has 0 amide bonds. The molecular weight excluding hydrogens is 1370 g/mol. The average molecular weight is 1440 g/mol. The fourth-order valence-corrected chi connectivity index (χ4v) is 11.7. The number of nitro benzene ring substituents is 2. The summed E-state index contributed by atoms with van der Waals surface area (Å²) >= 11 is 12.2. The van der Waals surface area contributed by atoms with E-state index in [0.29, 0.717) is 150 Å². The quantitative estimate of drug-likeness (QED) is 0.0652. The van der Waals surface area contributed by atoms with Gasteiger partial charge in [-0.1, -0.05) is 63.4 Å². The van der Waals surface area contributed by atoms with Crippen LogP contribution in [-0.4, -0.2) is 175 Å². The van der Waals surface area contributed by atoms with Crippen LogP contribution < -0.4 is 31.1 Å². The number of aromatic nitrogens is 12. The summed E-state index contributed by atoms with van der Waals surface area (Å²) in [4.78, 5) is 85.0. The van der Waals surface area contributed by atoms with Gasteiger partial charge in [0.15, 0.2) is 46.6 Å². The first-order valence-electron chi connectivity index (χ1n) is 32.5. The lowest BCUT2D eigenvalue weighted by Gasteiger charge is -2.28. The van der Waals surface area contributed by atoms with E-state index in [1.807, 2.05) is 66.7 Å². The number of hydrogen-bond acceptors (Lipinski definition) is 26. The van der Waals surface area contributed by atoms with Gasteiger partial charge in [0.05, 0.1) is 94.8 Å². The van der Waals surface area contributed by atoms with Crippen LogP contribution in [0.2, 0.25) is 10.0 Å². The molecule has 30 heteroatoms. The Labute approximate surface area is 608 Å². The van der Waals surface area contributed by atoms with Gasteiger partial charge in [0.25, 0.3) is 11.4 Å². The molecular formula is C74H74Cl2N20O8. The highest BCUT2D eigenvalue weighted by Gasteiger charge is 2.25. The standard InChI is InChI=1S/C19H17N5O3.C19H19N5O.C17H14ClN5O3.C17H16ClN5O.2CH4/c1-2-13-11-16-17(20-12-13)19(23-7-9-27-10-8-23)22-18(21-16)14-3-5-15(6-4-14)24(25)26;1-2-13-11-16-17(21-12-13)19(24-7-9-25-10-8-24)23-18(22-16)14-3-5-15(20)6-4-14;18-12-9-14-15(19-10-12)17(22-5-7-26-8-6-22)21-16(20-14)11-1-3-13(4-2-11)23(24)25;18-12-9-14-15(20-10-12)17(23-5-7-24-8-6-23)22-16(21-14)11-1-3-13(19)4-2-11;;/h2-6,11-12H,1,7-10H2;2-6,11-12H,1,7-10,20H2;1-4,9-10H,5-8H2;1-4,9-10H,5-8,19H2;2*1H4. The zero-order valence-corrected chi connectivity index (χ0v) is 56.5. The zero-order valence-electron chi connectivity index (χ0n) is 55.0. The van der Waals surface area contributed by atoms with Gasteiger partial charge in [-0.25, -0.2) is 49.8 Å². The van der Waals surface area contributed by atoms with E-state index in [9.17, 15) is 20.2 Å². The van der Waals surface area contributed by atoms with Gasteiger partial charge in [-0.2, -0.15) is 0 Å². The van der Waals surface area contributed by atoms with Crippen molar-refractivity contribution in [2.75, 3.05) is 136 Å². The van der Waals surface area contributed by atoms with Crippen molar-refractivity contribution in [2.45, 2.75) is 14.9 Å². The first-order valence-corrected chi connectivity index (χ1v) is 33.3. The van der Waals surface area contributed by atoms with Crippen molar-refractivity contribution in [3.63, 3.8) is 0 Å². The molecule has 4 aliphatic rings. The molecule has 12 heterocycles. The van der Waals surface area contributed by atoms with E-state index >= 15 is 0 Å². The molecule has 12 aromatic rings. The fraction of sp³-hybridized carbons (Fsp3) is 0.243. The maximum atomic E-state index is 10.9. The summed E-state index contributed by atoms with van der Waals surface area (Å²) < 4.78 is 21.8. The van der Waals surface area contributed by atoms with Crippen molar-refractivity contribution in [3.05, 3.63) is 201 Å². The number of rotatable bonds is 12. The van der Waals surface area contributed by atoms with Crippen LogP contribution in [0.4, 0.5) is 46.0 Å². The van der Waals surface area contributed by atoms with Crippen LogP contribution in [-0.2, 0) is 18.9 Å². The Balaban J connectivity index is 0.000000138. The molecule has 0 atom stereocenters. The molecule has 0 aliphatic carbocycles. The number of pyridine rings is 4. The van der Waals surface area contributed by atoms with Crippen LogP contribution >= 0.6 is 23.2 Å². The average Bonchev–Trinajstić information content (AvgIpc) is 0.794. The van der Waals surface area contributed by atoms with Crippen LogP contribution in [0.3, 0.4) is 0 Å². The van der Waals surface area contributed by atoms with E-state index in [4.69, 9.17) is 73.6 Å². The number of non-ortho nitro benzene ring substituents is 2. The van der Waals surface area contributed by atoms with Gasteiger partial charge in [0.2, 0.25) is 0 Å². The lowest BCUT2D eigenvalue weighted by atomic mass is 10.1. The second-order valence-corrected chi connectivity index (χ2v) is 24.3. The highest BCUT2D eigenvalue weighted by Crippen LogP contribution is 2.34. The third-order valence-electron chi connectivity index (χ3n) is 16.8. The summed E-state index contributed by atoms with van der Waals surface area (Å²) in [5, 5.41) is 22.8. The number of nitrogens with zero attached hydrogens (tertiary/aromatic N) is 18. The fourth-order valence-electron chi connectivity index (χ4n) is 11.4. The summed E-state index contributed by atoms with van der Waals surface area (Å²) in [7, 11) is 0. The first-order chi connectivity index (χ1) is 49.7. The summed E-state index contributed by atoms with van der Waals surface area (Å²) in [6.07, 6.45) is 10.2. The predicted molar refractivity (Wildman–Crippen MR) is 409 cm³/mol. The first kappa shape index (κ1) is 73.6. The molecule has 104 heavy (non-hydrogen) atoms. The Hall–Kier alpha value is -11.7. The number of nitrogens with two attached hydrogens (primary N) is 2. The van der Waals surface area contributed by atoms with E-state index in [2.05, 4.69) is 72.6 Å². The van der Waals surface area contributed by atoms with Gasteiger partial charge in [0.1, 0.15) is 22.1 Å². The molecule has 4 aromatic carbocycles. The molecule has 4 aliphatic heterocycles. The van der Waals surface area contributed by atoms with Gasteiger partial charge in [-0.05, 0) is 108 Å². The molecule has 0 bridgehead atoms. The molecule has 28 nitrogen and oxygen atoms in total. The molecule has 4 fully saturated rings. The van der Waals surface area contributed by atoms with Crippen molar-refractivity contribution in [2.24, 2.45) is 0 Å². The molecule has 0 spiro atoms. The third-order valence-corrected chi connectivity index (χ3v) is 17.2. The zero-order chi connectivity index (χ0) is 70.6. The lowest BCUT2D eigenvalue weighted by molar-refractivity contribution is -0.385. The minimum absolute atomic E-state index is 0. The number of benzene rings is 4. The second kappa shape index (κ2) is 33.9. The van der Waals surface area contributed by atoms with Crippen LogP contribution in [0.25, 0.3) is 102 Å². The number of hydrogen-bond donors (Lipinski definition) is 2. The van der Waals surface area contributed by atoms with Crippen LogP contribution in [0.5, 0.6) is 0 Å². The molecule has 0 saturated carbocycles. The highest BCUT2D eigenvalue weighted by atomic mass is 35.5. The summed E-state index contributed by atoms with van der Waals surface area (Å²) in [6.45, 7) is 18.8. The van der Waals surface area contributed by atoms with Crippen molar-refractivity contribution in [1.82, 2.24) is 59.8 Å². The largest absolute Gasteiger partial charge is 0.399 e. The Bertz CT molecular complexity index is 5050. The molecule has 0 unspecified atom stereocenters. The van der Waals surface area contributed by atoms with Crippen LogP contribution in [0.15, 0.2) is 159 Å². The molecule has 4 N–H and O–H groups in total. The molecule has 8 aromatic heterocycles. The molecule has 0 radical (unpaired) electrons. The van der Waals surface area contributed by atoms with Crippen molar-refractivity contribution >= 4 is 126 Å². The molecule has 16 rings (SSSR count). The van der Waals surface area contributed by atoms with Gasteiger partial charge >= 0.3 is 0 Å². The number of morpholine rings is 4. The van der Waals surface area contributed by atoms with E-state index in [1.54, 1.807) is 67.3 Å². The van der Waals surface area contributed by atoms with Gasteiger partial charge in [-0.3, -0.25) is 30.2 Å². The Morgan fingerprint density at radius 2 is 0.615 bits per heavy atom. The number of fused-ring (bicyclic) bond motifs is 4. The van der Waals surface area contributed by atoms with Gasteiger partial charge in [-0.15, -0.1) is 0 Å². The van der Waals surface area contributed by atoms with E-state index in [1.165, 1.54) is 24.3 Å². The van der Waals surface area contributed by atoms with Gasteiger partial charge < -0.3 is 50.0 Å². The number of ether oxygens (including phenoxy) is 4. The summed E-state index contributed by atoms with van der Waals surface area (Å²) in [5.74, 6) is 5.38. The highest BCUT2D eigenvalue weighted by molar-refractivity contribution is 6.31. The van der Waals surface area contributed by atoms with Crippen molar-refractivity contribution in [3.8, 4) is 45.6 Å². The summed E-state index contributed by atoms with van der Waals surface area (Å²) in [6, 6.07) is 34.9. The number of halogens is 2. The normalized spacial score (nSPS) is 14.3. The van der Waals surface area contributed by atoms with Crippen molar-refractivity contribution < 1.29 is 28.8 Å². The number of nitrogen functional groups attached to an aromatic ring is 2. The smallest absolute Gasteiger partial charge is 0.269 e. The van der Waals surface area contributed by atoms with Crippen LogP contribution in [0.1, 0.15) is 26.0 Å². The minimum atomic E-state index is -0.437. The Morgan fingerprint density at radius 3 is 0.865 bits per heavy atom. The van der Waals surface area contributed by atoms with E-state index in [0.717, 1.165) is 101 Å². The number of nitro groups is 2. The predicted octanol–water partition coefficient (Wildman–Crippen LogP) is 13.0. The monoisotopic (exact) mass is 1440 g/mol. The topological polar surface area (TPSA) is 343 Å². The maximum absolute atomic E-state index is 10.9. The SMILES string of the molecule is C.C.C=Cc1cnc2c(N3CCOCC3)nc(-c3ccc(N)cc3)nc2c1.C=Cc1cnc2c(N3CCOCC3)nc(-c3ccc([N+](=O)[O-])cc3)nc2c1.Nc1ccc(-c2nc(N3CCOCC3)c3ncc(Cl)cc3n2)cc1.O=[N+]([O-])c1ccc(-c2nc(N3CCOCC3)c3ncc(Cl)cc3n2)cc1. The molecule has 4 saturated heterocycles. The Morgan fingerprint density at radius 1 is 0.375 bits per heavy atom. The summed E-state index contributed by atoms with van der Waals surface area (Å²) in [5.41, 5.74) is 23.9. The second-order valence-electron chi connectivity index (χ2n) is 23.5. The number of anilines is 6. The Kier molecular flexibility index (Phi) is 24.0. The van der Waals surface area contributed by atoms with E-state index < -0.39 is 9.85 Å².